The van der Waals surface area contributed by atoms with E-state index < -0.39 is 0 Å². The number of halogens is 2. The van der Waals surface area contributed by atoms with Gasteiger partial charge in [-0.3, -0.25) is 4.99 Å². The lowest BCUT2D eigenvalue weighted by Gasteiger charge is -2.12. The Kier molecular flexibility index (Phi) is 10.5. The number of imidazole rings is 1. The zero-order chi connectivity index (χ0) is 16.3. The fourth-order valence-corrected chi connectivity index (χ4v) is 2.80. The van der Waals surface area contributed by atoms with Crippen LogP contribution in [-0.2, 0) is 6.54 Å². The van der Waals surface area contributed by atoms with Crippen molar-refractivity contribution in [3.05, 3.63) is 48.8 Å². The van der Waals surface area contributed by atoms with Gasteiger partial charge in [0.1, 0.15) is 5.82 Å². The van der Waals surface area contributed by atoms with E-state index >= 15 is 0 Å². The second-order valence-electron chi connectivity index (χ2n) is 4.88. The van der Waals surface area contributed by atoms with Crippen molar-refractivity contribution in [3.63, 3.8) is 0 Å². The van der Waals surface area contributed by atoms with E-state index in [0.717, 1.165) is 42.7 Å². The monoisotopic (exact) mass is 463 g/mol. The van der Waals surface area contributed by atoms with Gasteiger partial charge in [-0.05, 0) is 36.4 Å². The maximum atomic E-state index is 12.8. The van der Waals surface area contributed by atoms with Gasteiger partial charge in [-0.15, -0.1) is 35.7 Å². The molecular weight excluding hydrogens is 440 g/mol. The molecule has 0 fully saturated rings. The zero-order valence-corrected chi connectivity index (χ0v) is 16.8. The normalized spacial score (nSPS) is 11.0. The first-order valence-corrected chi connectivity index (χ1v) is 8.55. The summed E-state index contributed by atoms with van der Waals surface area (Å²) in [6.07, 6.45) is 6.51. The molecule has 1 aromatic heterocycles. The SMILES string of the molecule is CN=C(NCCCSc1ccc(F)cc1)NCCn1ccnc1.I. The minimum Gasteiger partial charge on any atom is -0.356 e. The van der Waals surface area contributed by atoms with E-state index in [9.17, 15) is 4.39 Å². The van der Waals surface area contributed by atoms with E-state index in [1.165, 1.54) is 12.1 Å². The van der Waals surface area contributed by atoms with Crippen LogP contribution in [0.1, 0.15) is 6.42 Å². The molecule has 0 unspecified atom stereocenters. The van der Waals surface area contributed by atoms with Crippen LogP contribution in [0.4, 0.5) is 4.39 Å². The van der Waals surface area contributed by atoms with Crippen molar-refractivity contribution < 1.29 is 4.39 Å². The molecule has 132 valence electrons. The Bertz CT molecular complexity index is 589. The molecule has 1 aromatic carbocycles. The van der Waals surface area contributed by atoms with Crippen molar-refractivity contribution in [2.24, 2.45) is 4.99 Å². The van der Waals surface area contributed by atoms with Crippen molar-refractivity contribution in [2.45, 2.75) is 17.9 Å². The van der Waals surface area contributed by atoms with E-state index in [4.69, 9.17) is 0 Å². The van der Waals surface area contributed by atoms with Crippen LogP contribution in [0.2, 0.25) is 0 Å². The van der Waals surface area contributed by atoms with Crippen molar-refractivity contribution in [3.8, 4) is 0 Å². The molecule has 2 aromatic rings. The molecule has 0 bridgehead atoms. The Hall–Kier alpha value is -1.29. The fraction of sp³-hybridized carbons (Fsp3) is 0.375. The number of aliphatic imine (C=N–C) groups is 1. The van der Waals surface area contributed by atoms with Gasteiger partial charge in [0.25, 0.3) is 0 Å². The van der Waals surface area contributed by atoms with Crippen LogP contribution in [0.15, 0.2) is 52.9 Å². The predicted octanol–water partition coefficient (Wildman–Crippen LogP) is 2.99. The topological polar surface area (TPSA) is 54.2 Å². The van der Waals surface area contributed by atoms with Crippen LogP contribution < -0.4 is 10.6 Å². The standard InChI is InChI=1S/C16H22FN5S.HI/c1-18-16(21-9-11-22-10-8-19-13-22)20-7-2-12-23-15-5-3-14(17)4-6-15;/h3-6,8,10,13H,2,7,9,11-12H2,1H3,(H2,18,20,21);1H. The molecule has 24 heavy (non-hydrogen) atoms. The molecule has 2 rings (SSSR count). The molecule has 2 N–H and O–H groups in total. The van der Waals surface area contributed by atoms with Gasteiger partial charge in [-0.2, -0.15) is 0 Å². The highest BCUT2D eigenvalue weighted by molar-refractivity contribution is 14.0. The Morgan fingerprint density at radius 3 is 2.67 bits per heavy atom. The van der Waals surface area contributed by atoms with E-state index in [-0.39, 0.29) is 29.8 Å². The van der Waals surface area contributed by atoms with Crippen LogP contribution in [0, 0.1) is 5.82 Å². The van der Waals surface area contributed by atoms with Crippen LogP contribution in [0.25, 0.3) is 0 Å². The molecule has 0 saturated heterocycles. The van der Waals surface area contributed by atoms with E-state index in [2.05, 4.69) is 20.6 Å². The predicted molar refractivity (Wildman–Crippen MR) is 109 cm³/mol. The minimum atomic E-state index is -0.193. The summed E-state index contributed by atoms with van der Waals surface area (Å²) in [6, 6.07) is 6.60. The lowest BCUT2D eigenvalue weighted by molar-refractivity contribution is 0.626. The molecule has 1 heterocycles. The molecule has 0 spiro atoms. The molecule has 0 amide bonds. The Labute approximate surface area is 163 Å². The average molecular weight is 463 g/mol. The number of thioether (sulfide) groups is 1. The lowest BCUT2D eigenvalue weighted by Crippen LogP contribution is -2.39. The largest absolute Gasteiger partial charge is 0.356 e. The number of hydrogen-bond acceptors (Lipinski definition) is 3. The number of guanidine groups is 1. The summed E-state index contributed by atoms with van der Waals surface area (Å²) in [5, 5.41) is 6.55. The van der Waals surface area contributed by atoms with Crippen LogP contribution in [-0.4, -0.2) is 41.4 Å². The maximum absolute atomic E-state index is 12.8. The van der Waals surface area contributed by atoms with E-state index in [1.807, 2.05) is 22.9 Å². The van der Waals surface area contributed by atoms with Gasteiger partial charge in [0.05, 0.1) is 6.33 Å². The first-order valence-electron chi connectivity index (χ1n) is 7.56. The number of rotatable bonds is 8. The van der Waals surface area contributed by atoms with Gasteiger partial charge in [0, 0.05) is 44.0 Å². The van der Waals surface area contributed by atoms with Crippen LogP contribution in [0.5, 0.6) is 0 Å². The highest BCUT2D eigenvalue weighted by Gasteiger charge is 1.98. The molecule has 0 aliphatic carbocycles. The number of hydrogen-bond donors (Lipinski definition) is 2. The third-order valence-corrected chi connectivity index (χ3v) is 4.24. The van der Waals surface area contributed by atoms with Crippen molar-refractivity contribution in [2.75, 3.05) is 25.9 Å². The first-order chi connectivity index (χ1) is 11.3. The Balaban J connectivity index is 0.00000288. The molecule has 5 nitrogen and oxygen atoms in total. The summed E-state index contributed by atoms with van der Waals surface area (Å²) < 4.78 is 14.8. The second kappa shape index (κ2) is 12.1. The van der Waals surface area contributed by atoms with Crippen molar-refractivity contribution in [1.82, 2.24) is 20.2 Å². The molecular formula is C16H23FIN5S. The number of nitrogens with one attached hydrogen (secondary N) is 2. The maximum Gasteiger partial charge on any atom is 0.191 e. The van der Waals surface area contributed by atoms with Gasteiger partial charge in [-0.1, -0.05) is 0 Å². The molecule has 0 aliphatic rings. The summed E-state index contributed by atoms with van der Waals surface area (Å²) >= 11 is 1.73. The van der Waals surface area contributed by atoms with Gasteiger partial charge >= 0.3 is 0 Å². The summed E-state index contributed by atoms with van der Waals surface area (Å²) in [7, 11) is 1.76. The third kappa shape index (κ3) is 8.00. The second-order valence-corrected chi connectivity index (χ2v) is 6.05. The van der Waals surface area contributed by atoms with Crippen LogP contribution >= 0.6 is 35.7 Å². The van der Waals surface area contributed by atoms with E-state index in [1.54, 1.807) is 31.3 Å². The van der Waals surface area contributed by atoms with Gasteiger partial charge in [-0.25, -0.2) is 9.37 Å². The van der Waals surface area contributed by atoms with Crippen molar-refractivity contribution in [1.29, 1.82) is 0 Å². The Morgan fingerprint density at radius 1 is 1.25 bits per heavy atom. The van der Waals surface area contributed by atoms with Gasteiger partial charge in [0.15, 0.2) is 5.96 Å². The summed E-state index contributed by atoms with van der Waals surface area (Å²) in [4.78, 5) is 9.29. The molecule has 0 saturated carbocycles. The Morgan fingerprint density at radius 2 is 2.00 bits per heavy atom. The molecule has 0 aliphatic heterocycles. The van der Waals surface area contributed by atoms with Gasteiger partial charge < -0.3 is 15.2 Å². The van der Waals surface area contributed by atoms with Gasteiger partial charge in [0.2, 0.25) is 0 Å². The quantitative estimate of drug-likeness (QED) is 0.208. The summed E-state index contributed by atoms with van der Waals surface area (Å²) in [5.74, 6) is 1.59. The third-order valence-electron chi connectivity index (χ3n) is 3.14. The molecule has 8 heteroatoms. The summed E-state index contributed by atoms with van der Waals surface area (Å²) in [5.41, 5.74) is 0. The molecule has 0 atom stereocenters. The number of nitrogens with zero attached hydrogens (tertiary/aromatic N) is 3. The van der Waals surface area contributed by atoms with Crippen molar-refractivity contribution >= 4 is 41.7 Å². The van der Waals surface area contributed by atoms with E-state index in [0.29, 0.717) is 0 Å². The number of benzene rings is 1. The fourth-order valence-electron chi connectivity index (χ4n) is 1.94. The average Bonchev–Trinajstić information content (AvgIpc) is 3.08. The number of aromatic nitrogens is 2. The lowest BCUT2D eigenvalue weighted by atomic mass is 10.4. The first kappa shape index (κ1) is 20.8. The highest BCUT2D eigenvalue weighted by Crippen LogP contribution is 2.18. The molecule has 0 radical (unpaired) electrons. The minimum absolute atomic E-state index is 0. The van der Waals surface area contributed by atoms with Crippen LogP contribution in [0.3, 0.4) is 0 Å². The smallest absolute Gasteiger partial charge is 0.191 e. The zero-order valence-electron chi connectivity index (χ0n) is 13.6. The highest BCUT2D eigenvalue weighted by atomic mass is 127. The summed E-state index contributed by atoms with van der Waals surface area (Å²) in [6.45, 7) is 2.49.